The summed E-state index contributed by atoms with van der Waals surface area (Å²) in [6.07, 6.45) is 3.25. The van der Waals surface area contributed by atoms with E-state index in [-0.39, 0.29) is 12.5 Å². The summed E-state index contributed by atoms with van der Waals surface area (Å²) < 4.78 is 5.11. The van der Waals surface area contributed by atoms with E-state index in [4.69, 9.17) is 4.74 Å². The Kier molecular flexibility index (Phi) is 6.15. The van der Waals surface area contributed by atoms with Gasteiger partial charge in [-0.3, -0.25) is 4.79 Å². The van der Waals surface area contributed by atoms with Gasteiger partial charge < -0.3 is 10.1 Å². The molecule has 1 N–H and O–H groups in total. The van der Waals surface area contributed by atoms with Crippen molar-refractivity contribution in [1.29, 1.82) is 0 Å². The van der Waals surface area contributed by atoms with E-state index < -0.39 is 5.97 Å². The first kappa shape index (κ1) is 18.0. The molecule has 4 nitrogen and oxygen atoms in total. The lowest BCUT2D eigenvalue weighted by atomic mass is 10.2. The first-order valence-electron chi connectivity index (χ1n) is 8.37. The molecule has 1 aliphatic carbocycles. The van der Waals surface area contributed by atoms with Crippen molar-refractivity contribution in [3.05, 3.63) is 51.2 Å². The Morgan fingerprint density at radius 2 is 2.04 bits per heavy atom. The van der Waals surface area contributed by atoms with Gasteiger partial charge in [-0.1, -0.05) is 17.7 Å². The van der Waals surface area contributed by atoms with Crippen molar-refractivity contribution in [3.8, 4) is 0 Å². The minimum Gasteiger partial charge on any atom is -0.451 e. The van der Waals surface area contributed by atoms with Crippen LogP contribution in [0.5, 0.6) is 0 Å². The maximum absolute atomic E-state index is 12.0. The fourth-order valence-electron chi connectivity index (χ4n) is 2.68. The van der Waals surface area contributed by atoms with Crippen LogP contribution in [-0.4, -0.2) is 30.8 Å². The third-order valence-corrected chi connectivity index (χ3v) is 6.23. The van der Waals surface area contributed by atoms with Crippen molar-refractivity contribution in [2.75, 3.05) is 18.9 Å². The molecule has 1 amide bonds. The highest BCUT2D eigenvalue weighted by atomic mass is 32.2. The zero-order chi connectivity index (χ0) is 17.6. The molecule has 1 aromatic carbocycles. The average Bonchev–Trinajstić information content (AvgIpc) is 3.20. The van der Waals surface area contributed by atoms with E-state index in [2.05, 4.69) is 36.5 Å². The number of amides is 1. The number of fused-ring (bicyclic) bond motifs is 1. The van der Waals surface area contributed by atoms with E-state index in [1.54, 1.807) is 11.8 Å². The molecule has 0 saturated carbocycles. The molecule has 0 unspecified atom stereocenters. The molecule has 0 saturated heterocycles. The number of thiophene rings is 1. The first-order valence-corrected chi connectivity index (χ1v) is 10.2. The highest BCUT2D eigenvalue weighted by molar-refractivity contribution is 7.99. The summed E-state index contributed by atoms with van der Waals surface area (Å²) in [5.74, 6) is 0.117. The van der Waals surface area contributed by atoms with Crippen LogP contribution in [-0.2, 0) is 22.4 Å². The Hall–Kier alpha value is -1.79. The van der Waals surface area contributed by atoms with Gasteiger partial charge >= 0.3 is 5.97 Å². The molecule has 3 rings (SSSR count). The summed E-state index contributed by atoms with van der Waals surface area (Å²) in [7, 11) is 0. The molecule has 1 aliphatic rings. The van der Waals surface area contributed by atoms with Crippen LogP contribution < -0.4 is 5.32 Å². The quantitative estimate of drug-likeness (QED) is 0.456. The average molecular weight is 376 g/mol. The number of ether oxygens (including phenoxy) is 1. The number of rotatable bonds is 7. The number of thioether (sulfide) groups is 1. The van der Waals surface area contributed by atoms with Crippen LogP contribution in [0.2, 0.25) is 0 Å². The van der Waals surface area contributed by atoms with Crippen LogP contribution in [0.15, 0.2) is 35.2 Å². The lowest BCUT2D eigenvalue weighted by Crippen LogP contribution is -2.30. The van der Waals surface area contributed by atoms with Crippen molar-refractivity contribution in [2.24, 2.45) is 0 Å². The Bertz CT molecular complexity index is 731. The number of hydrogen-bond donors (Lipinski definition) is 1. The topological polar surface area (TPSA) is 55.4 Å². The summed E-state index contributed by atoms with van der Waals surface area (Å²) in [5, 5.41) is 2.78. The van der Waals surface area contributed by atoms with Crippen LogP contribution in [0.1, 0.15) is 32.1 Å². The molecule has 0 radical (unpaired) electrons. The first-order chi connectivity index (χ1) is 12.1. The summed E-state index contributed by atoms with van der Waals surface area (Å²) in [5.41, 5.74) is 2.49. The molecule has 0 atom stereocenters. The number of carbonyl (C=O) groups excluding carboxylic acids is 2. The van der Waals surface area contributed by atoms with Crippen LogP contribution in [0.4, 0.5) is 0 Å². The van der Waals surface area contributed by atoms with Gasteiger partial charge in [0.05, 0.1) is 0 Å². The lowest BCUT2D eigenvalue weighted by molar-refractivity contribution is -0.124. The predicted octanol–water partition coefficient (Wildman–Crippen LogP) is 3.61. The molecular formula is C19H21NO3S2. The van der Waals surface area contributed by atoms with Crippen LogP contribution >= 0.6 is 23.1 Å². The summed E-state index contributed by atoms with van der Waals surface area (Å²) in [6.45, 7) is 2.37. The van der Waals surface area contributed by atoms with Gasteiger partial charge in [-0.05, 0) is 49.9 Å². The highest BCUT2D eigenvalue weighted by Crippen LogP contribution is 2.30. The van der Waals surface area contributed by atoms with Gasteiger partial charge in [0.1, 0.15) is 4.88 Å². The van der Waals surface area contributed by atoms with E-state index in [0.29, 0.717) is 11.4 Å². The Balaban J connectivity index is 1.33. The molecule has 25 heavy (non-hydrogen) atoms. The number of aryl methyl sites for hydroxylation is 3. The van der Waals surface area contributed by atoms with Gasteiger partial charge in [-0.2, -0.15) is 0 Å². The minimum absolute atomic E-state index is 0.226. The van der Waals surface area contributed by atoms with Crippen molar-refractivity contribution in [1.82, 2.24) is 5.32 Å². The van der Waals surface area contributed by atoms with Crippen LogP contribution in [0.3, 0.4) is 0 Å². The number of hydrogen-bond acceptors (Lipinski definition) is 5. The number of esters is 1. The molecule has 0 aliphatic heterocycles. The van der Waals surface area contributed by atoms with Crippen molar-refractivity contribution >= 4 is 35.0 Å². The molecule has 1 heterocycles. The Morgan fingerprint density at radius 3 is 2.80 bits per heavy atom. The summed E-state index contributed by atoms with van der Waals surface area (Å²) >= 11 is 3.18. The largest absolute Gasteiger partial charge is 0.451 e. The van der Waals surface area contributed by atoms with Crippen LogP contribution in [0.25, 0.3) is 0 Å². The molecule has 6 heteroatoms. The normalized spacial score (nSPS) is 12.7. The fourth-order valence-corrected chi connectivity index (χ4v) is 4.59. The van der Waals surface area contributed by atoms with Gasteiger partial charge in [0.2, 0.25) is 0 Å². The molecule has 0 spiro atoms. The monoisotopic (exact) mass is 375 g/mol. The maximum Gasteiger partial charge on any atom is 0.348 e. The second-order valence-corrected chi connectivity index (χ2v) is 8.31. The maximum atomic E-state index is 12.0. The van der Waals surface area contributed by atoms with Gasteiger partial charge in [0, 0.05) is 22.1 Å². The van der Waals surface area contributed by atoms with E-state index in [0.717, 1.165) is 18.6 Å². The van der Waals surface area contributed by atoms with Crippen molar-refractivity contribution in [2.45, 2.75) is 31.1 Å². The summed E-state index contributed by atoms with van der Waals surface area (Å²) in [4.78, 5) is 26.8. The smallest absolute Gasteiger partial charge is 0.348 e. The molecule has 132 valence electrons. The van der Waals surface area contributed by atoms with Crippen molar-refractivity contribution in [3.63, 3.8) is 0 Å². The van der Waals surface area contributed by atoms with Crippen LogP contribution in [0, 0.1) is 6.92 Å². The summed E-state index contributed by atoms with van der Waals surface area (Å²) in [6, 6.07) is 10.2. The standard InChI is InChI=1S/C19H21NO3S2/c1-13-5-7-15(8-6-13)24-10-9-20-18(21)12-23-19(22)17-11-14-3-2-4-16(14)25-17/h5-8,11H,2-4,9-10,12H2,1H3,(H,20,21). The lowest BCUT2D eigenvalue weighted by Gasteiger charge is -2.06. The second-order valence-electron chi connectivity index (χ2n) is 6.00. The van der Waals surface area contributed by atoms with Crippen molar-refractivity contribution < 1.29 is 14.3 Å². The minimum atomic E-state index is -0.399. The third kappa shape index (κ3) is 5.09. The second kappa shape index (κ2) is 8.54. The number of benzene rings is 1. The highest BCUT2D eigenvalue weighted by Gasteiger charge is 2.19. The van der Waals surface area contributed by atoms with E-state index in [9.17, 15) is 9.59 Å². The molecule has 0 fully saturated rings. The zero-order valence-electron chi connectivity index (χ0n) is 14.2. The fraction of sp³-hybridized carbons (Fsp3) is 0.368. The van der Waals surface area contributed by atoms with E-state index >= 15 is 0 Å². The Morgan fingerprint density at radius 1 is 1.24 bits per heavy atom. The van der Waals surface area contributed by atoms with Gasteiger partial charge in [0.25, 0.3) is 5.91 Å². The predicted molar refractivity (Wildman–Crippen MR) is 102 cm³/mol. The number of nitrogens with one attached hydrogen (secondary N) is 1. The number of carbonyl (C=O) groups is 2. The molecule has 2 aromatic rings. The molecule has 1 aromatic heterocycles. The molecule has 0 bridgehead atoms. The van der Waals surface area contributed by atoms with E-state index in [1.807, 2.05) is 6.07 Å². The van der Waals surface area contributed by atoms with Gasteiger partial charge in [-0.15, -0.1) is 23.1 Å². The third-order valence-electron chi connectivity index (χ3n) is 4.00. The van der Waals surface area contributed by atoms with Gasteiger partial charge in [0.15, 0.2) is 6.61 Å². The molecular weight excluding hydrogens is 354 g/mol. The Labute approximate surface area is 156 Å². The van der Waals surface area contributed by atoms with E-state index in [1.165, 1.54) is 38.7 Å². The van der Waals surface area contributed by atoms with Gasteiger partial charge in [-0.25, -0.2) is 4.79 Å². The SMILES string of the molecule is Cc1ccc(SCCNC(=O)COC(=O)c2cc3c(s2)CCC3)cc1. The zero-order valence-corrected chi connectivity index (χ0v) is 15.8.